The number of benzene rings is 3. The second kappa shape index (κ2) is 22.3. The molecule has 45 heavy (non-hydrogen) atoms. The van der Waals surface area contributed by atoms with Crippen molar-refractivity contribution >= 4 is 18.1 Å². The molecule has 1 atom stereocenters. The molecule has 1 amide bonds. The predicted octanol–water partition coefficient (Wildman–Crippen LogP) is 8.14. The number of carbonyl (C=O) groups excluding carboxylic acids is 2. The fourth-order valence-electron chi connectivity index (χ4n) is 4.76. The number of aliphatic hydroxyl groups is 2. The molecule has 8 heteroatoms. The molecule has 4 rings (SSSR count). The maximum absolute atomic E-state index is 13.7. The highest BCUT2D eigenvalue weighted by Crippen LogP contribution is 2.40. The van der Waals surface area contributed by atoms with Gasteiger partial charge in [0.1, 0.15) is 5.82 Å². The van der Waals surface area contributed by atoms with E-state index in [-0.39, 0.29) is 24.4 Å². The molecule has 0 saturated heterocycles. The van der Waals surface area contributed by atoms with Crippen molar-refractivity contribution in [2.75, 3.05) is 19.0 Å². The van der Waals surface area contributed by atoms with Crippen molar-refractivity contribution < 1.29 is 28.9 Å². The number of halogens is 1. The van der Waals surface area contributed by atoms with Gasteiger partial charge in [-0.05, 0) is 73.7 Å². The second-order valence-electron chi connectivity index (χ2n) is 9.62. The Kier molecular flexibility index (Phi) is 19.2. The molecule has 0 fully saturated rings. The molecule has 0 aliphatic carbocycles. The first-order chi connectivity index (χ1) is 21.9. The third-order valence-electron chi connectivity index (χ3n) is 6.64. The van der Waals surface area contributed by atoms with E-state index in [1.807, 2.05) is 81.4 Å². The first-order valence-electron chi connectivity index (χ1n) is 15.5. The number of methoxy groups -OCH3 is 1. The third kappa shape index (κ3) is 12.0. The second-order valence-corrected chi connectivity index (χ2v) is 9.62. The average molecular weight is 621 g/mol. The zero-order chi connectivity index (χ0) is 33.6. The Hall–Kier alpha value is -4.27. The molecule has 1 heterocycles. The third-order valence-corrected chi connectivity index (χ3v) is 6.64. The molecular weight excluding hydrogens is 571 g/mol. The van der Waals surface area contributed by atoms with Crippen LogP contribution in [-0.4, -0.2) is 47.0 Å². The minimum Gasteiger partial charge on any atom is -0.471 e. The maximum atomic E-state index is 13.7. The summed E-state index contributed by atoms with van der Waals surface area (Å²) >= 11 is 0. The summed E-state index contributed by atoms with van der Waals surface area (Å²) in [5, 5.41) is 20.2. The Bertz CT molecular complexity index is 1370. The lowest BCUT2D eigenvalue weighted by atomic mass is 9.96. The molecule has 0 unspecified atom stereocenters. The van der Waals surface area contributed by atoms with Gasteiger partial charge >= 0.3 is 0 Å². The van der Waals surface area contributed by atoms with Crippen molar-refractivity contribution in [1.82, 2.24) is 4.57 Å². The minimum absolute atomic E-state index is 0.0984. The van der Waals surface area contributed by atoms with E-state index in [1.54, 1.807) is 12.1 Å². The quantitative estimate of drug-likeness (QED) is 0.147. The molecule has 3 aromatic carbocycles. The normalized spacial score (nSPS) is 10.5. The minimum atomic E-state index is -0.287. The van der Waals surface area contributed by atoms with Crippen LogP contribution in [0.4, 0.5) is 10.1 Å². The van der Waals surface area contributed by atoms with E-state index in [2.05, 4.69) is 28.5 Å². The maximum Gasteiger partial charge on any atom is 0.292 e. The van der Waals surface area contributed by atoms with Crippen LogP contribution in [0.5, 0.6) is 0 Å². The number of ether oxygens (including phenoxy) is 1. The van der Waals surface area contributed by atoms with Crippen LogP contribution in [0.15, 0.2) is 84.9 Å². The number of hydrogen-bond donors (Lipinski definition) is 3. The molecule has 3 N–H and O–H groups in total. The van der Waals surface area contributed by atoms with Crippen LogP contribution in [0.25, 0.3) is 22.4 Å². The van der Waals surface area contributed by atoms with Gasteiger partial charge in [-0.3, -0.25) is 9.59 Å². The average Bonchev–Trinajstić information content (AvgIpc) is 3.42. The SMILES string of the molecule is CC.CCC[C@H](O)CCO.CCc1c(C(=O)Nc2ccccc2)c(-c2ccccc2)c(-c2ccc(F)cc2)n1CC.COC=O. The highest BCUT2D eigenvalue weighted by molar-refractivity contribution is 6.12. The number of aliphatic hydroxyl groups excluding tert-OH is 2. The zero-order valence-electron chi connectivity index (χ0n) is 27.4. The van der Waals surface area contributed by atoms with E-state index in [9.17, 15) is 9.18 Å². The van der Waals surface area contributed by atoms with Crippen LogP contribution in [0.3, 0.4) is 0 Å². The molecule has 0 bridgehead atoms. The Morgan fingerprint density at radius 2 is 1.47 bits per heavy atom. The first-order valence-corrected chi connectivity index (χ1v) is 15.5. The summed E-state index contributed by atoms with van der Waals surface area (Å²) in [5.41, 5.74) is 6.04. The Morgan fingerprint density at radius 1 is 0.911 bits per heavy atom. The van der Waals surface area contributed by atoms with Crippen molar-refractivity contribution in [3.05, 3.63) is 102 Å². The summed E-state index contributed by atoms with van der Waals surface area (Å²) in [4.78, 5) is 22.5. The van der Waals surface area contributed by atoms with Gasteiger partial charge in [0.05, 0.1) is 24.5 Å². The lowest BCUT2D eigenvalue weighted by molar-refractivity contribution is -0.126. The predicted molar refractivity (Wildman–Crippen MR) is 182 cm³/mol. The zero-order valence-corrected chi connectivity index (χ0v) is 27.4. The molecule has 0 aliphatic rings. The van der Waals surface area contributed by atoms with Crippen molar-refractivity contribution in [3.8, 4) is 22.4 Å². The topological polar surface area (TPSA) is 101 Å². The number of nitrogens with zero attached hydrogens (tertiary/aromatic N) is 1. The van der Waals surface area contributed by atoms with Gasteiger partial charge < -0.3 is 24.8 Å². The Morgan fingerprint density at radius 3 is 1.93 bits per heavy atom. The standard InChI is InChI=1S/C27H25FN2O.C6H14O2.C2H4O2.C2H6/c1-3-23-25(27(31)29-22-13-9-6-10-14-22)24(19-11-7-5-8-12-19)26(30(23)4-2)20-15-17-21(28)18-16-20;1-2-3-6(8)4-5-7;1-4-2-3;1-2/h5-18H,3-4H2,1-2H3,(H,29,31);6-8H,2-5H2,1H3;2H,1H3;1-2H3/t;6-;;/m.0../s1. The van der Waals surface area contributed by atoms with Gasteiger partial charge in [0, 0.05) is 30.1 Å². The summed E-state index contributed by atoms with van der Waals surface area (Å²) in [5.74, 6) is -0.421. The summed E-state index contributed by atoms with van der Waals surface area (Å²) in [6, 6.07) is 25.9. The van der Waals surface area contributed by atoms with Crippen molar-refractivity contribution in [2.45, 2.75) is 73.0 Å². The summed E-state index contributed by atoms with van der Waals surface area (Å²) in [7, 11) is 1.31. The summed E-state index contributed by atoms with van der Waals surface area (Å²) < 4.78 is 19.7. The largest absolute Gasteiger partial charge is 0.471 e. The fraction of sp³-hybridized carbons (Fsp3) is 0.351. The monoisotopic (exact) mass is 620 g/mol. The first kappa shape index (κ1) is 38.8. The summed E-state index contributed by atoms with van der Waals surface area (Å²) in [6.07, 6.45) is 2.73. The number of carbonyl (C=O) groups is 2. The number of rotatable bonds is 11. The fourth-order valence-corrected chi connectivity index (χ4v) is 4.76. The van der Waals surface area contributed by atoms with E-state index in [4.69, 9.17) is 15.0 Å². The smallest absolute Gasteiger partial charge is 0.292 e. The molecule has 7 nitrogen and oxygen atoms in total. The van der Waals surface area contributed by atoms with Crippen molar-refractivity contribution in [2.24, 2.45) is 0 Å². The van der Waals surface area contributed by atoms with Gasteiger partial charge in [0.2, 0.25) is 0 Å². The Balaban J connectivity index is 0.000000611. The van der Waals surface area contributed by atoms with E-state index >= 15 is 0 Å². The van der Waals surface area contributed by atoms with Gasteiger partial charge in [0.15, 0.2) is 0 Å². The van der Waals surface area contributed by atoms with Crippen LogP contribution in [-0.2, 0) is 22.5 Å². The lowest BCUT2D eigenvalue weighted by Gasteiger charge is -2.12. The van der Waals surface area contributed by atoms with Crippen molar-refractivity contribution in [1.29, 1.82) is 0 Å². The van der Waals surface area contributed by atoms with Crippen LogP contribution >= 0.6 is 0 Å². The van der Waals surface area contributed by atoms with E-state index in [0.717, 1.165) is 46.6 Å². The van der Waals surface area contributed by atoms with Gasteiger partial charge in [-0.25, -0.2) is 4.39 Å². The van der Waals surface area contributed by atoms with E-state index in [1.165, 1.54) is 19.2 Å². The molecular formula is C37H49FN2O5. The van der Waals surface area contributed by atoms with Gasteiger partial charge in [0.25, 0.3) is 12.4 Å². The number of hydrogen-bond acceptors (Lipinski definition) is 5. The van der Waals surface area contributed by atoms with E-state index in [0.29, 0.717) is 31.4 Å². The van der Waals surface area contributed by atoms with Gasteiger partial charge in [-0.1, -0.05) is 82.6 Å². The van der Waals surface area contributed by atoms with Gasteiger partial charge in [-0.2, -0.15) is 0 Å². The van der Waals surface area contributed by atoms with E-state index < -0.39 is 0 Å². The molecule has 0 radical (unpaired) electrons. The highest BCUT2D eigenvalue weighted by Gasteiger charge is 2.27. The number of anilines is 1. The number of para-hydroxylation sites is 1. The van der Waals surface area contributed by atoms with Crippen LogP contribution < -0.4 is 5.32 Å². The van der Waals surface area contributed by atoms with Crippen LogP contribution in [0, 0.1) is 5.82 Å². The molecule has 0 spiro atoms. The molecule has 4 aromatic rings. The number of nitrogens with one attached hydrogen (secondary N) is 1. The molecule has 1 aromatic heterocycles. The molecule has 244 valence electrons. The van der Waals surface area contributed by atoms with Crippen LogP contribution in [0.1, 0.15) is 69.9 Å². The number of aromatic nitrogens is 1. The lowest BCUT2D eigenvalue weighted by Crippen LogP contribution is -2.15. The molecule has 0 aliphatic heterocycles. The Labute approximate surface area is 267 Å². The number of amides is 1. The van der Waals surface area contributed by atoms with Crippen molar-refractivity contribution in [3.63, 3.8) is 0 Å². The van der Waals surface area contributed by atoms with Gasteiger partial charge in [-0.15, -0.1) is 0 Å². The molecule has 0 saturated carbocycles. The summed E-state index contributed by atoms with van der Waals surface area (Å²) in [6.45, 7) is 11.3. The highest BCUT2D eigenvalue weighted by atomic mass is 19.1. The van der Waals surface area contributed by atoms with Crippen LogP contribution in [0.2, 0.25) is 0 Å².